The Hall–Kier alpha value is -3.35. The number of fused-ring (bicyclic) bond motifs is 3. The maximum absolute atomic E-state index is 12.7. The Morgan fingerprint density at radius 2 is 1.67 bits per heavy atom. The van der Waals surface area contributed by atoms with Crippen LogP contribution in [0.25, 0.3) is 11.1 Å². The van der Waals surface area contributed by atoms with Crippen LogP contribution in [0.4, 0.5) is 4.79 Å². The summed E-state index contributed by atoms with van der Waals surface area (Å²) < 4.78 is 5.55. The number of amides is 2. The van der Waals surface area contributed by atoms with Gasteiger partial charge in [-0.05, 0) is 41.0 Å². The molecule has 0 radical (unpaired) electrons. The number of aliphatic carboxylic acids is 1. The first-order valence-electron chi connectivity index (χ1n) is 11.6. The van der Waals surface area contributed by atoms with E-state index in [1.165, 1.54) is 11.1 Å². The van der Waals surface area contributed by atoms with E-state index >= 15 is 0 Å². The number of benzene rings is 2. The quantitative estimate of drug-likeness (QED) is 0.573. The van der Waals surface area contributed by atoms with Gasteiger partial charge < -0.3 is 20.1 Å². The van der Waals surface area contributed by atoms with Crippen LogP contribution in [-0.2, 0) is 14.3 Å². The zero-order valence-electron chi connectivity index (χ0n) is 18.8. The van der Waals surface area contributed by atoms with Crippen LogP contribution >= 0.6 is 0 Å². The standard InChI is InChI=1S/C26H30N2O5/c1-2-12-28(13-11-24(29)30)25(31)22-14-17(22)15-27-26(32)33-16-23-20-9-5-3-7-18(20)19-8-4-6-10-21(19)23/h3-10,17,22-23H,2,11-16H2,1H3,(H,27,32)(H,29,30)/t17-,22-/m1/s1. The molecule has 2 aliphatic carbocycles. The predicted molar refractivity (Wildman–Crippen MR) is 124 cm³/mol. The van der Waals surface area contributed by atoms with Crippen molar-refractivity contribution >= 4 is 18.0 Å². The molecule has 0 bridgehead atoms. The highest BCUT2D eigenvalue weighted by Gasteiger charge is 2.44. The average molecular weight is 451 g/mol. The van der Waals surface area contributed by atoms with Crippen molar-refractivity contribution < 1.29 is 24.2 Å². The molecule has 7 nitrogen and oxygen atoms in total. The Balaban J connectivity index is 1.26. The summed E-state index contributed by atoms with van der Waals surface area (Å²) in [5.41, 5.74) is 4.69. The topological polar surface area (TPSA) is 95.9 Å². The minimum absolute atomic E-state index is 0.00948. The van der Waals surface area contributed by atoms with Crippen LogP contribution in [0.15, 0.2) is 48.5 Å². The summed E-state index contributed by atoms with van der Waals surface area (Å²) in [5.74, 6) is -0.998. The van der Waals surface area contributed by atoms with Crippen molar-refractivity contribution in [2.45, 2.75) is 32.1 Å². The summed E-state index contributed by atoms with van der Waals surface area (Å²) in [6.45, 7) is 3.38. The first kappa shape index (κ1) is 22.8. The molecule has 0 unspecified atom stereocenters. The molecule has 1 fully saturated rings. The number of hydrogen-bond donors (Lipinski definition) is 2. The van der Waals surface area contributed by atoms with Crippen molar-refractivity contribution in [2.24, 2.45) is 11.8 Å². The van der Waals surface area contributed by atoms with E-state index in [2.05, 4.69) is 29.6 Å². The Kier molecular flexibility index (Phi) is 6.96. The second-order valence-corrected chi connectivity index (χ2v) is 8.78. The third kappa shape index (κ3) is 5.18. The van der Waals surface area contributed by atoms with Gasteiger partial charge in [0.1, 0.15) is 6.61 Å². The molecule has 2 aromatic carbocycles. The van der Waals surface area contributed by atoms with Crippen molar-refractivity contribution in [2.75, 3.05) is 26.2 Å². The maximum Gasteiger partial charge on any atom is 0.407 e. The molecule has 7 heteroatoms. The van der Waals surface area contributed by atoms with E-state index in [4.69, 9.17) is 9.84 Å². The Morgan fingerprint density at radius 3 is 2.27 bits per heavy atom. The van der Waals surface area contributed by atoms with E-state index in [9.17, 15) is 14.4 Å². The summed E-state index contributed by atoms with van der Waals surface area (Å²) in [6, 6.07) is 16.4. The number of alkyl carbamates (subject to hydrolysis) is 1. The summed E-state index contributed by atoms with van der Waals surface area (Å²) in [6.07, 6.45) is 0.948. The number of hydrogen-bond acceptors (Lipinski definition) is 4. The Bertz CT molecular complexity index is 991. The first-order chi connectivity index (χ1) is 16.0. The predicted octanol–water partition coefficient (Wildman–Crippen LogP) is 3.87. The summed E-state index contributed by atoms with van der Waals surface area (Å²) in [7, 11) is 0. The van der Waals surface area contributed by atoms with E-state index in [1.54, 1.807) is 4.90 Å². The number of rotatable bonds is 10. The van der Waals surface area contributed by atoms with Gasteiger partial charge in [-0.15, -0.1) is 0 Å². The highest BCUT2D eigenvalue weighted by Crippen LogP contribution is 2.44. The second-order valence-electron chi connectivity index (χ2n) is 8.78. The number of nitrogens with one attached hydrogen (secondary N) is 1. The molecule has 2 N–H and O–H groups in total. The van der Waals surface area contributed by atoms with Crippen molar-refractivity contribution in [3.8, 4) is 11.1 Å². The molecular formula is C26H30N2O5. The zero-order valence-corrected chi connectivity index (χ0v) is 18.8. The largest absolute Gasteiger partial charge is 0.481 e. The third-order valence-corrected chi connectivity index (χ3v) is 6.49. The molecule has 0 aliphatic heterocycles. The van der Waals surface area contributed by atoms with Crippen molar-refractivity contribution in [3.05, 3.63) is 59.7 Å². The summed E-state index contributed by atoms with van der Waals surface area (Å²) in [5, 5.41) is 11.7. The second kappa shape index (κ2) is 10.1. The molecule has 4 rings (SSSR count). The molecule has 0 aromatic heterocycles. The van der Waals surface area contributed by atoms with E-state index in [1.807, 2.05) is 31.2 Å². The van der Waals surface area contributed by atoms with Crippen LogP contribution in [0.3, 0.4) is 0 Å². The molecule has 0 spiro atoms. The van der Waals surface area contributed by atoms with Crippen LogP contribution in [0.5, 0.6) is 0 Å². The van der Waals surface area contributed by atoms with Gasteiger partial charge in [0.2, 0.25) is 5.91 Å². The first-order valence-corrected chi connectivity index (χ1v) is 11.6. The summed E-state index contributed by atoms with van der Waals surface area (Å²) in [4.78, 5) is 37.5. The van der Waals surface area contributed by atoms with Crippen LogP contribution < -0.4 is 5.32 Å². The lowest BCUT2D eigenvalue weighted by atomic mass is 9.98. The Morgan fingerprint density at radius 1 is 1.03 bits per heavy atom. The molecule has 2 aromatic rings. The van der Waals surface area contributed by atoms with E-state index in [0.717, 1.165) is 17.5 Å². The number of carbonyl (C=O) groups excluding carboxylic acids is 2. The number of carboxylic acid groups (broad SMARTS) is 1. The molecule has 0 heterocycles. The van der Waals surface area contributed by atoms with Gasteiger partial charge >= 0.3 is 12.1 Å². The van der Waals surface area contributed by atoms with Gasteiger partial charge in [-0.1, -0.05) is 55.5 Å². The van der Waals surface area contributed by atoms with Gasteiger partial charge in [0.15, 0.2) is 0 Å². The number of nitrogens with zero attached hydrogens (tertiary/aromatic N) is 1. The fraction of sp³-hybridized carbons (Fsp3) is 0.423. The lowest BCUT2D eigenvalue weighted by Gasteiger charge is -2.21. The average Bonchev–Trinajstić information content (AvgIpc) is 3.53. The van der Waals surface area contributed by atoms with Crippen LogP contribution in [0.2, 0.25) is 0 Å². The molecule has 174 valence electrons. The van der Waals surface area contributed by atoms with Gasteiger partial charge in [-0.25, -0.2) is 4.79 Å². The molecule has 2 aliphatic rings. The highest BCUT2D eigenvalue weighted by atomic mass is 16.5. The third-order valence-electron chi connectivity index (χ3n) is 6.49. The smallest absolute Gasteiger partial charge is 0.407 e. The molecule has 33 heavy (non-hydrogen) atoms. The van der Waals surface area contributed by atoms with E-state index in [-0.39, 0.29) is 43.2 Å². The SMILES string of the molecule is CCCN(CCC(=O)O)C(=O)[C@@H]1C[C@@H]1CNC(=O)OCC1c2ccccc2-c2ccccc21. The maximum atomic E-state index is 12.7. The van der Waals surface area contributed by atoms with Crippen molar-refractivity contribution in [3.63, 3.8) is 0 Å². The number of carboxylic acids is 1. The van der Waals surface area contributed by atoms with E-state index < -0.39 is 12.1 Å². The fourth-order valence-electron chi connectivity index (χ4n) is 4.71. The lowest BCUT2D eigenvalue weighted by Crippen LogP contribution is -2.36. The molecule has 2 atom stereocenters. The number of carbonyl (C=O) groups is 3. The zero-order chi connectivity index (χ0) is 23.4. The van der Waals surface area contributed by atoms with Crippen LogP contribution in [0, 0.1) is 11.8 Å². The fourth-order valence-corrected chi connectivity index (χ4v) is 4.71. The molecule has 0 saturated heterocycles. The minimum atomic E-state index is -0.909. The van der Waals surface area contributed by atoms with Gasteiger partial charge in [-0.3, -0.25) is 9.59 Å². The van der Waals surface area contributed by atoms with Gasteiger partial charge in [0.25, 0.3) is 0 Å². The Labute approximate surface area is 193 Å². The molecular weight excluding hydrogens is 420 g/mol. The van der Waals surface area contributed by atoms with Crippen LogP contribution in [-0.4, -0.2) is 54.2 Å². The van der Waals surface area contributed by atoms with Gasteiger partial charge in [0, 0.05) is 31.5 Å². The van der Waals surface area contributed by atoms with Crippen LogP contribution in [0.1, 0.15) is 43.2 Å². The van der Waals surface area contributed by atoms with Crippen molar-refractivity contribution in [1.82, 2.24) is 10.2 Å². The van der Waals surface area contributed by atoms with Crippen molar-refractivity contribution in [1.29, 1.82) is 0 Å². The number of ether oxygens (including phenoxy) is 1. The highest BCUT2D eigenvalue weighted by molar-refractivity contribution is 5.82. The monoisotopic (exact) mass is 450 g/mol. The van der Waals surface area contributed by atoms with E-state index in [0.29, 0.717) is 19.5 Å². The lowest BCUT2D eigenvalue weighted by molar-refractivity contribution is -0.139. The van der Waals surface area contributed by atoms with Gasteiger partial charge in [0.05, 0.1) is 6.42 Å². The molecule has 1 saturated carbocycles. The normalized spacial score (nSPS) is 18.2. The van der Waals surface area contributed by atoms with Gasteiger partial charge in [-0.2, -0.15) is 0 Å². The minimum Gasteiger partial charge on any atom is -0.481 e. The summed E-state index contributed by atoms with van der Waals surface area (Å²) >= 11 is 0. The molecule has 2 amide bonds.